The monoisotopic (exact) mass is 224 g/mol. The Kier molecular flexibility index (Phi) is 3.39. The average molecular weight is 224 g/mol. The highest BCUT2D eigenvalue weighted by atomic mass is 16.6. The fourth-order valence-electron chi connectivity index (χ4n) is 1.11. The van der Waals surface area contributed by atoms with E-state index in [0.717, 1.165) is 6.20 Å². The van der Waals surface area contributed by atoms with Crippen molar-refractivity contribution in [1.82, 2.24) is 4.98 Å². The van der Waals surface area contributed by atoms with Gasteiger partial charge in [-0.25, -0.2) is 4.98 Å². The van der Waals surface area contributed by atoms with E-state index in [9.17, 15) is 14.9 Å². The lowest BCUT2D eigenvalue weighted by Gasteiger charge is -2.10. The Morgan fingerprint density at radius 1 is 1.69 bits per heavy atom. The number of primary amides is 1. The van der Waals surface area contributed by atoms with Gasteiger partial charge in [-0.05, 0) is 19.9 Å². The summed E-state index contributed by atoms with van der Waals surface area (Å²) in [6, 6.07) is 0.922. The van der Waals surface area contributed by atoms with E-state index in [4.69, 9.17) is 5.73 Å². The largest absolute Gasteiger partial charge is 0.368 e. The van der Waals surface area contributed by atoms with Gasteiger partial charge in [0.15, 0.2) is 0 Å². The van der Waals surface area contributed by atoms with Crippen LogP contribution in [0.3, 0.4) is 0 Å². The van der Waals surface area contributed by atoms with Crippen molar-refractivity contribution in [2.24, 2.45) is 5.73 Å². The highest BCUT2D eigenvalue weighted by Crippen LogP contribution is 2.18. The lowest BCUT2D eigenvalue weighted by molar-refractivity contribution is -0.385. The number of anilines is 1. The molecule has 1 rings (SSSR count). The predicted molar refractivity (Wildman–Crippen MR) is 57.9 cm³/mol. The fraction of sp³-hybridized carbons (Fsp3) is 0.333. The van der Waals surface area contributed by atoms with Crippen molar-refractivity contribution < 1.29 is 9.72 Å². The summed E-state index contributed by atoms with van der Waals surface area (Å²) in [5.41, 5.74) is 5.48. The average Bonchev–Trinajstić information content (AvgIpc) is 2.16. The Balaban J connectivity index is 2.89. The van der Waals surface area contributed by atoms with Crippen LogP contribution in [0.1, 0.15) is 12.5 Å². The number of carbonyl (C=O) groups is 1. The van der Waals surface area contributed by atoms with Crippen LogP contribution < -0.4 is 11.1 Å². The number of aryl methyl sites for hydroxylation is 1. The number of nitro groups is 1. The molecule has 0 radical (unpaired) electrons. The molecule has 0 aliphatic rings. The molecule has 0 aromatic carbocycles. The molecule has 7 heteroatoms. The molecule has 1 aromatic rings. The van der Waals surface area contributed by atoms with Crippen LogP contribution in [-0.2, 0) is 4.79 Å². The molecule has 0 bridgehead atoms. The zero-order chi connectivity index (χ0) is 12.3. The van der Waals surface area contributed by atoms with Gasteiger partial charge < -0.3 is 11.1 Å². The lowest BCUT2D eigenvalue weighted by atomic mass is 10.2. The minimum atomic E-state index is -0.576. The zero-order valence-corrected chi connectivity index (χ0v) is 8.93. The van der Waals surface area contributed by atoms with E-state index in [1.54, 1.807) is 13.8 Å². The third-order valence-corrected chi connectivity index (χ3v) is 2.07. The Morgan fingerprint density at radius 3 is 2.75 bits per heavy atom. The third-order valence-electron chi connectivity index (χ3n) is 2.07. The maximum Gasteiger partial charge on any atom is 0.290 e. The Hall–Kier alpha value is -2.18. The first-order valence-electron chi connectivity index (χ1n) is 4.58. The molecule has 0 fully saturated rings. The molecule has 86 valence electrons. The number of carbonyl (C=O) groups excluding carboxylic acids is 1. The summed E-state index contributed by atoms with van der Waals surface area (Å²) in [6.45, 7) is 3.18. The van der Waals surface area contributed by atoms with Crippen molar-refractivity contribution in [3.05, 3.63) is 27.9 Å². The molecule has 0 spiro atoms. The van der Waals surface area contributed by atoms with Crippen LogP contribution in [0.2, 0.25) is 0 Å². The first kappa shape index (κ1) is 11.9. The van der Waals surface area contributed by atoms with E-state index >= 15 is 0 Å². The molecule has 1 aromatic heterocycles. The van der Waals surface area contributed by atoms with Crippen LogP contribution in [0.15, 0.2) is 12.3 Å². The van der Waals surface area contributed by atoms with E-state index in [1.807, 2.05) is 0 Å². The van der Waals surface area contributed by atoms with Crippen LogP contribution in [0.25, 0.3) is 0 Å². The summed E-state index contributed by atoms with van der Waals surface area (Å²) in [4.78, 5) is 24.6. The first-order chi connectivity index (χ1) is 7.41. The second-order valence-corrected chi connectivity index (χ2v) is 3.38. The molecule has 3 N–H and O–H groups in total. The smallest absolute Gasteiger partial charge is 0.290 e. The Labute approximate surface area is 91.8 Å². The molecule has 1 atom stereocenters. The second kappa shape index (κ2) is 4.56. The minimum Gasteiger partial charge on any atom is -0.368 e. The van der Waals surface area contributed by atoms with Gasteiger partial charge in [-0.2, -0.15) is 0 Å². The van der Waals surface area contributed by atoms with Crippen molar-refractivity contribution in [2.75, 3.05) is 5.32 Å². The number of nitrogens with zero attached hydrogens (tertiary/aromatic N) is 2. The number of amides is 1. The van der Waals surface area contributed by atoms with E-state index in [-0.39, 0.29) is 5.69 Å². The molecule has 7 nitrogen and oxygen atoms in total. The number of hydrogen-bond acceptors (Lipinski definition) is 5. The number of aromatic nitrogens is 1. The molecule has 0 saturated heterocycles. The topological polar surface area (TPSA) is 111 Å². The molecule has 0 aliphatic heterocycles. The number of pyridine rings is 1. The number of nitrogens with two attached hydrogens (primary N) is 1. The summed E-state index contributed by atoms with van der Waals surface area (Å²) in [5, 5.41) is 13.3. The molecular formula is C9H12N4O3. The van der Waals surface area contributed by atoms with E-state index < -0.39 is 16.9 Å². The van der Waals surface area contributed by atoms with Crippen LogP contribution in [-0.4, -0.2) is 21.9 Å². The molecule has 1 amide bonds. The first-order valence-corrected chi connectivity index (χ1v) is 4.58. The SMILES string of the molecule is Cc1cc(NC(C)C(N)=O)ncc1[N+](=O)[O-]. The summed E-state index contributed by atoms with van der Waals surface area (Å²) in [6.07, 6.45) is 1.14. The van der Waals surface area contributed by atoms with Crippen LogP contribution in [0, 0.1) is 17.0 Å². The molecule has 1 unspecified atom stereocenters. The van der Waals surface area contributed by atoms with Crippen LogP contribution in [0.5, 0.6) is 0 Å². The highest BCUT2D eigenvalue weighted by molar-refractivity contribution is 5.82. The van der Waals surface area contributed by atoms with Gasteiger partial charge in [-0.15, -0.1) is 0 Å². The molecular weight excluding hydrogens is 212 g/mol. The van der Waals surface area contributed by atoms with Gasteiger partial charge in [0.1, 0.15) is 18.1 Å². The fourth-order valence-corrected chi connectivity index (χ4v) is 1.11. The summed E-state index contributed by atoms with van der Waals surface area (Å²) in [5.74, 6) is -0.132. The summed E-state index contributed by atoms with van der Waals surface area (Å²) >= 11 is 0. The molecule has 0 aliphatic carbocycles. The molecule has 16 heavy (non-hydrogen) atoms. The van der Waals surface area contributed by atoms with E-state index in [1.165, 1.54) is 6.07 Å². The third kappa shape index (κ3) is 2.66. The molecule has 0 saturated carbocycles. The Bertz CT molecular complexity index is 433. The van der Waals surface area contributed by atoms with Crippen molar-refractivity contribution >= 4 is 17.4 Å². The maximum atomic E-state index is 10.8. The number of nitrogens with one attached hydrogen (secondary N) is 1. The minimum absolute atomic E-state index is 0.0581. The van der Waals surface area contributed by atoms with Crippen molar-refractivity contribution in [2.45, 2.75) is 19.9 Å². The van der Waals surface area contributed by atoms with Crippen LogP contribution in [0.4, 0.5) is 11.5 Å². The summed E-state index contributed by atoms with van der Waals surface area (Å²) in [7, 11) is 0. The zero-order valence-electron chi connectivity index (χ0n) is 8.93. The van der Waals surface area contributed by atoms with Gasteiger partial charge >= 0.3 is 0 Å². The van der Waals surface area contributed by atoms with Crippen molar-refractivity contribution in [3.8, 4) is 0 Å². The van der Waals surface area contributed by atoms with E-state index in [0.29, 0.717) is 11.4 Å². The lowest BCUT2D eigenvalue weighted by Crippen LogP contribution is -2.32. The van der Waals surface area contributed by atoms with Gasteiger partial charge in [0.25, 0.3) is 5.69 Å². The van der Waals surface area contributed by atoms with Gasteiger partial charge in [-0.3, -0.25) is 14.9 Å². The standard InChI is InChI=1S/C9H12N4O3/c1-5-3-8(12-6(2)9(10)14)11-4-7(5)13(15)16/h3-4,6H,1-2H3,(H2,10,14)(H,11,12). The number of rotatable bonds is 4. The second-order valence-electron chi connectivity index (χ2n) is 3.38. The normalized spacial score (nSPS) is 11.9. The quantitative estimate of drug-likeness (QED) is 0.574. The summed E-state index contributed by atoms with van der Waals surface area (Å²) < 4.78 is 0. The highest BCUT2D eigenvalue weighted by Gasteiger charge is 2.13. The van der Waals surface area contributed by atoms with E-state index in [2.05, 4.69) is 10.3 Å². The van der Waals surface area contributed by atoms with Crippen molar-refractivity contribution in [1.29, 1.82) is 0 Å². The predicted octanol–water partition coefficient (Wildman–Crippen LogP) is 0.584. The van der Waals surface area contributed by atoms with Crippen LogP contribution >= 0.6 is 0 Å². The van der Waals surface area contributed by atoms with Gasteiger partial charge in [0.05, 0.1) is 4.92 Å². The maximum absolute atomic E-state index is 10.8. The Morgan fingerprint density at radius 2 is 2.31 bits per heavy atom. The van der Waals surface area contributed by atoms with Gasteiger partial charge in [0.2, 0.25) is 5.91 Å². The van der Waals surface area contributed by atoms with Gasteiger partial charge in [0, 0.05) is 5.56 Å². The molecule has 1 heterocycles. The van der Waals surface area contributed by atoms with Gasteiger partial charge in [-0.1, -0.05) is 0 Å². The van der Waals surface area contributed by atoms with Crippen molar-refractivity contribution in [3.63, 3.8) is 0 Å². The number of hydrogen-bond donors (Lipinski definition) is 2.